The van der Waals surface area contributed by atoms with Crippen LogP contribution in [0.15, 0.2) is 24.3 Å². The van der Waals surface area contributed by atoms with E-state index in [0.29, 0.717) is 5.92 Å². The monoisotopic (exact) mass is 338 g/mol. The second kappa shape index (κ2) is 7.20. The Bertz CT molecular complexity index is 733. The number of piperidine rings is 1. The van der Waals surface area contributed by atoms with Gasteiger partial charge in [0.15, 0.2) is 0 Å². The van der Waals surface area contributed by atoms with E-state index in [2.05, 4.69) is 53.0 Å². The number of likely N-dealkylation sites (tertiary alicyclic amines) is 1. The normalized spacial score (nSPS) is 21.4. The Balaban J connectivity index is 1.78. The molecular weight excluding hydrogens is 308 g/mol. The van der Waals surface area contributed by atoms with Crippen molar-refractivity contribution in [3.63, 3.8) is 0 Å². The average molecular weight is 338 g/mol. The van der Waals surface area contributed by atoms with Crippen LogP contribution in [0.2, 0.25) is 0 Å². The van der Waals surface area contributed by atoms with Crippen molar-refractivity contribution in [3.8, 4) is 5.69 Å². The van der Waals surface area contributed by atoms with Gasteiger partial charge in [0.25, 0.3) is 0 Å². The summed E-state index contributed by atoms with van der Waals surface area (Å²) < 4.78 is 2.19. The number of likely N-dealkylation sites (N-methyl/N-ethyl adjacent to an activating group) is 1. The van der Waals surface area contributed by atoms with Crippen molar-refractivity contribution >= 4 is 5.82 Å². The van der Waals surface area contributed by atoms with Gasteiger partial charge in [-0.1, -0.05) is 25.1 Å². The van der Waals surface area contributed by atoms with Crippen LogP contribution in [0.5, 0.6) is 0 Å². The maximum absolute atomic E-state index is 5.18. The predicted octanol–water partition coefficient (Wildman–Crippen LogP) is 4.13. The Hall–Kier alpha value is -1.81. The molecule has 134 valence electrons. The zero-order valence-electron chi connectivity index (χ0n) is 15.6. The molecule has 4 nitrogen and oxygen atoms in total. The second-order valence-electron chi connectivity index (χ2n) is 7.53. The van der Waals surface area contributed by atoms with E-state index in [1.165, 1.54) is 60.6 Å². The maximum atomic E-state index is 5.18. The third-order valence-corrected chi connectivity index (χ3v) is 5.84. The minimum absolute atomic E-state index is 0.576. The molecule has 0 saturated carbocycles. The smallest absolute Gasteiger partial charge is 0.133 e. The number of nitrogens with zero attached hydrogens (tertiary/aromatic N) is 3. The van der Waals surface area contributed by atoms with Gasteiger partial charge in [0.1, 0.15) is 5.82 Å². The number of hydrogen-bond acceptors (Lipinski definition) is 3. The SMILES string of the molecule is CCN1CCCC(c2nn(-c3ccccc3C)c3c2CCCCN3)C1. The van der Waals surface area contributed by atoms with Crippen LogP contribution in [-0.2, 0) is 6.42 Å². The van der Waals surface area contributed by atoms with E-state index < -0.39 is 0 Å². The molecule has 4 rings (SSSR count). The molecule has 2 aliphatic heterocycles. The molecule has 2 aromatic rings. The van der Waals surface area contributed by atoms with Crippen LogP contribution in [0.4, 0.5) is 5.82 Å². The summed E-state index contributed by atoms with van der Waals surface area (Å²) in [5.41, 5.74) is 5.32. The minimum Gasteiger partial charge on any atom is -0.370 e. The fraction of sp³-hybridized carbons (Fsp3) is 0.571. The maximum Gasteiger partial charge on any atom is 0.133 e. The topological polar surface area (TPSA) is 33.1 Å². The Labute approximate surface area is 151 Å². The first-order valence-electron chi connectivity index (χ1n) is 9.92. The molecule has 1 N–H and O–H groups in total. The quantitative estimate of drug-likeness (QED) is 0.913. The highest BCUT2D eigenvalue weighted by Crippen LogP contribution is 2.36. The summed E-state index contributed by atoms with van der Waals surface area (Å²) in [5.74, 6) is 1.82. The first-order valence-corrected chi connectivity index (χ1v) is 9.92. The summed E-state index contributed by atoms with van der Waals surface area (Å²) in [6.07, 6.45) is 6.22. The van der Waals surface area contributed by atoms with Crippen LogP contribution in [0, 0.1) is 6.92 Å². The molecule has 0 spiro atoms. The number of anilines is 1. The van der Waals surface area contributed by atoms with Gasteiger partial charge in [0, 0.05) is 24.6 Å². The molecule has 0 amide bonds. The van der Waals surface area contributed by atoms with Crippen LogP contribution in [0.1, 0.15) is 55.3 Å². The van der Waals surface area contributed by atoms with Crippen molar-refractivity contribution in [2.24, 2.45) is 0 Å². The molecule has 1 atom stereocenters. The van der Waals surface area contributed by atoms with E-state index in [1.807, 2.05) is 0 Å². The Kier molecular flexibility index (Phi) is 4.80. The van der Waals surface area contributed by atoms with Gasteiger partial charge in [-0.25, -0.2) is 4.68 Å². The van der Waals surface area contributed by atoms with Crippen LogP contribution < -0.4 is 5.32 Å². The molecule has 0 bridgehead atoms. The molecule has 1 aromatic heterocycles. The van der Waals surface area contributed by atoms with E-state index in [9.17, 15) is 0 Å². The lowest BCUT2D eigenvalue weighted by atomic mass is 9.91. The van der Waals surface area contributed by atoms with Crippen molar-refractivity contribution in [2.75, 3.05) is 31.5 Å². The van der Waals surface area contributed by atoms with Crippen LogP contribution >= 0.6 is 0 Å². The van der Waals surface area contributed by atoms with Crippen LogP contribution in [-0.4, -0.2) is 40.9 Å². The predicted molar refractivity (Wildman–Crippen MR) is 104 cm³/mol. The number of para-hydroxylation sites is 1. The van der Waals surface area contributed by atoms with Gasteiger partial charge in [-0.05, 0) is 63.7 Å². The number of hydrogen-bond donors (Lipinski definition) is 1. The van der Waals surface area contributed by atoms with Gasteiger partial charge in [0.05, 0.1) is 11.4 Å². The number of benzene rings is 1. The van der Waals surface area contributed by atoms with E-state index in [-0.39, 0.29) is 0 Å². The summed E-state index contributed by atoms with van der Waals surface area (Å²) in [6.45, 7) is 9.06. The summed E-state index contributed by atoms with van der Waals surface area (Å²) in [5, 5.41) is 8.88. The molecule has 0 radical (unpaired) electrons. The van der Waals surface area contributed by atoms with Gasteiger partial charge in [-0.2, -0.15) is 5.10 Å². The second-order valence-corrected chi connectivity index (χ2v) is 7.53. The molecular formula is C21H30N4. The standard InChI is InChI=1S/C21H30N4/c1-3-24-14-8-10-17(15-24)20-18-11-6-7-13-22-21(18)25(23-20)19-12-5-4-9-16(19)2/h4-5,9,12,17,22H,3,6-8,10-11,13-15H2,1-2H3. The van der Waals surface area contributed by atoms with Crippen LogP contribution in [0.25, 0.3) is 5.69 Å². The molecule has 1 fully saturated rings. The highest BCUT2D eigenvalue weighted by atomic mass is 15.3. The Morgan fingerprint density at radius 3 is 2.92 bits per heavy atom. The lowest BCUT2D eigenvalue weighted by molar-refractivity contribution is 0.215. The lowest BCUT2D eigenvalue weighted by Gasteiger charge is -2.31. The van der Waals surface area contributed by atoms with Crippen LogP contribution in [0.3, 0.4) is 0 Å². The Morgan fingerprint density at radius 1 is 1.20 bits per heavy atom. The van der Waals surface area contributed by atoms with Crippen molar-refractivity contribution in [1.82, 2.24) is 14.7 Å². The van der Waals surface area contributed by atoms with Gasteiger partial charge < -0.3 is 10.2 Å². The summed E-state index contributed by atoms with van der Waals surface area (Å²) in [7, 11) is 0. The number of aromatic nitrogens is 2. The van der Waals surface area contributed by atoms with Gasteiger partial charge in [0.2, 0.25) is 0 Å². The number of nitrogens with one attached hydrogen (secondary N) is 1. The molecule has 3 heterocycles. The number of rotatable bonds is 3. The zero-order chi connectivity index (χ0) is 17.2. The first kappa shape index (κ1) is 16.6. The largest absolute Gasteiger partial charge is 0.370 e. The summed E-state index contributed by atoms with van der Waals surface area (Å²) >= 11 is 0. The van der Waals surface area contributed by atoms with Crippen molar-refractivity contribution in [1.29, 1.82) is 0 Å². The number of fused-ring (bicyclic) bond motifs is 1. The Morgan fingerprint density at radius 2 is 2.08 bits per heavy atom. The summed E-state index contributed by atoms with van der Waals surface area (Å²) in [6, 6.07) is 8.60. The number of aryl methyl sites for hydroxylation is 1. The first-order chi connectivity index (χ1) is 12.3. The molecule has 25 heavy (non-hydrogen) atoms. The highest BCUT2D eigenvalue weighted by Gasteiger charge is 2.29. The van der Waals surface area contributed by atoms with E-state index in [4.69, 9.17) is 5.10 Å². The van der Waals surface area contributed by atoms with Crippen molar-refractivity contribution in [2.45, 2.75) is 51.9 Å². The molecule has 2 aliphatic rings. The summed E-state index contributed by atoms with van der Waals surface area (Å²) in [4.78, 5) is 2.58. The zero-order valence-corrected chi connectivity index (χ0v) is 15.6. The van der Waals surface area contributed by atoms with Crippen molar-refractivity contribution in [3.05, 3.63) is 41.1 Å². The van der Waals surface area contributed by atoms with Gasteiger partial charge >= 0.3 is 0 Å². The highest BCUT2D eigenvalue weighted by molar-refractivity contribution is 5.56. The van der Waals surface area contributed by atoms with E-state index in [1.54, 1.807) is 0 Å². The fourth-order valence-electron chi connectivity index (χ4n) is 4.40. The van der Waals surface area contributed by atoms with Gasteiger partial charge in [-0.3, -0.25) is 0 Å². The molecule has 1 unspecified atom stereocenters. The van der Waals surface area contributed by atoms with E-state index >= 15 is 0 Å². The fourth-order valence-corrected chi connectivity index (χ4v) is 4.40. The van der Waals surface area contributed by atoms with E-state index in [0.717, 1.165) is 26.1 Å². The molecule has 0 aliphatic carbocycles. The third-order valence-electron chi connectivity index (χ3n) is 5.84. The average Bonchev–Trinajstić information content (AvgIpc) is 2.83. The molecule has 1 aromatic carbocycles. The molecule has 4 heteroatoms. The van der Waals surface area contributed by atoms with Gasteiger partial charge in [-0.15, -0.1) is 0 Å². The third kappa shape index (κ3) is 3.20. The van der Waals surface area contributed by atoms with Crippen molar-refractivity contribution < 1.29 is 0 Å². The molecule has 1 saturated heterocycles. The minimum atomic E-state index is 0.576. The lowest BCUT2D eigenvalue weighted by Crippen LogP contribution is -2.34.